The minimum absolute atomic E-state index is 0.0728. The molecule has 22 heavy (non-hydrogen) atoms. The summed E-state index contributed by atoms with van der Waals surface area (Å²) in [6, 6.07) is 0. The maximum atomic E-state index is 11.9. The molecule has 1 aromatic rings. The molecule has 0 unspecified atom stereocenters. The lowest BCUT2D eigenvalue weighted by atomic mass is 10.3. The van der Waals surface area contributed by atoms with Gasteiger partial charge in [0.05, 0.1) is 24.5 Å². The predicted molar refractivity (Wildman–Crippen MR) is 81.3 cm³/mol. The monoisotopic (exact) mass is 326 g/mol. The molecule has 0 atom stereocenters. The first-order valence-corrected chi connectivity index (χ1v) is 9.38. The lowest BCUT2D eigenvalue weighted by Crippen LogP contribution is -2.39. The number of imidazole rings is 1. The van der Waals surface area contributed by atoms with Crippen molar-refractivity contribution in [2.45, 2.75) is 45.8 Å². The van der Waals surface area contributed by atoms with Gasteiger partial charge in [0.15, 0.2) is 0 Å². The van der Waals surface area contributed by atoms with Crippen LogP contribution in [-0.4, -0.2) is 40.5 Å². The number of carbonyl (C=O) groups excluding carboxylic acids is 1. The van der Waals surface area contributed by atoms with Crippen LogP contribution in [0.2, 0.25) is 0 Å². The normalized spacial score (nSPS) is 19.0. The van der Waals surface area contributed by atoms with Crippen LogP contribution in [0, 0.1) is 5.92 Å². The largest absolute Gasteiger partial charge is 0.350 e. The molecule has 0 spiro atoms. The Balaban J connectivity index is 1.59. The molecule has 1 aromatic heterocycles. The van der Waals surface area contributed by atoms with E-state index < -0.39 is 10.0 Å². The fourth-order valence-corrected chi connectivity index (χ4v) is 3.68. The molecule has 1 aliphatic carbocycles. The van der Waals surface area contributed by atoms with Gasteiger partial charge in [0.1, 0.15) is 5.82 Å². The summed E-state index contributed by atoms with van der Waals surface area (Å²) in [4.78, 5) is 16.2. The zero-order valence-corrected chi connectivity index (χ0v) is 13.6. The van der Waals surface area contributed by atoms with E-state index in [4.69, 9.17) is 0 Å². The highest BCUT2D eigenvalue weighted by molar-refractivity contribution is 7.89. The topological polar surface area (TPSA) is 84.3 Å². The Morgan fingerprint density at radius 2 is 2.18 bits per heavy atom. The standard InChI is InChI=1S/C14H22N4O3S/c1-2-22(20,21)18-6-5-17-9-12(16-13(17)10-18)8-15-14(19)7-11-3-4-11/h9,11H,2-8,10H2,1H3,(H,15,19). The first kappa shape index (κ1) is 15.5. The number of nitrogens with one attached hydrogen (secondary N) is 1. The van der Waals surface area contributed by atoms with Crippen molar-refractivity contribution in [2.24, 2.45) is 5.92 Å². The van der Waals surface area contributed by atoms with Crippen molar-refractivity contribution >= 4 is 15.9 Å². The molecule has 0 radical (unpaired) electrons. The fraction of sp³-hybridized carbons (Fsp3) is 0.714. The quantitative estimate of drug-likeness (QED) is 0.823. The van der Waals surface area contributed by atoms with Crippen molar-refractivity contribution in [3.05, 3.63) is 17.7 Å². The number of amides is 1. The van der Waals surface area contributed by atoms with E-state index in [1.165, 1.54) is 4.31 Å². The third kappa shape index (κ3) is 3.49. The molecule has 2 heterocycles. The SMILES string of the molecule is CCS(=O)(=O)N1CCn2cc(CNC(=O)CC3CC3)nc2C1. The van der Waals surface area contributed by atoms with Gasteiger partial charge in [0.25, 0.3) is 0 Å². The minimum Gasteiger partial charge on any atom is -0.350 e. The predicted octanol–water partition coefficient (Wildman–Crippen LogP) is 0.465. The van der Waals surface area contributed by atoms with Crippen LogP contribution in [0.15, 0.2) is 6.20 Å². The number of rotatable bonds is 6. The maximum Gasteiger partial charge on any atom is 0.220 e. The third-order valence-corrected chi connectivity index (χ3v) is 6.04. The van der Waals surface area contributed by atoms with Gasteiger partial charge >= 0.3 is 0 Å². The highest BCUT2D eigenvalue weighted by Crippen LogP contribution is 2.32. The zero-order valence-electron chi connectivity index (χ0n) is 12.8. The minimum atomic E-state index is -3.18. The Bertz CT molecular complexity index is 664. The molecule has 1 aliphatic heterocycles. The Morgan fingerprint density at radius 3 is 2.86 bits per heavy atom. The molecule has 7 nitrogen and oxygen atoms in total. The highest BCUT2D eigenvalue weighted by Gasteiger charge is 2.27. The molecule has 1 amide bonds. The van der Waals surface area contributed by atoms with Crippen LogP contribution in [0.5, 0.6) is 0 Å². The van der Waals surface area contributed by atoms with E-state index in [0.717, 1.165) is 24.4 Å². The Hall–Kier alpha value is -1.41. The molecule has 0 saturated heterocycles. The summed E-state index contributed by atoms with van der Waals surface area (Å²) in [5.74, 6) is 1.50. The van der Waals surface area contributed by atoms with Gasteiger partial charge in [-0.05, 0) is 25.7 Å². The second kappa shape index (κ2) is 6.00. The van der Waals surface area contributed by atoms with Crippen molar-refractivity contribution in [2.75, 3.05) is 12.3 Å². The van der Waals surface area contributed by atoms with Crippen molar-refractivity contribution in [3.8, 4) is 0 Å². The van der Waals surface area contributed by atoms with Crippen LogP contribution in [0.1, 0.15) is 37.7 Å². The van der Waals surface area contributed by atoms with Crippen LogP contribution in [0.25, 0.3) is 0 Å². The van der Waals surface area contributed by atoms with E-state index in [2.05, 4.69) is 10.3 Å². The molecule has 3 rings (SSSR count). The highest BCUT2D eigenvalue weighted by atomic mass is 32.2. The number of fused-ring (bicyclic) bond motifs is 1. The lowest BCUT2D eigenvalue weighted by Gasteiger charge is -2.26. The van der Waals surface area contributed by atoms with E-state index in [-0.39, 0.29) is 11.7 Å². The van der Waals surface area contributed by atoms with Gasteiger partial charge in [-0.1, -0.05) is 0 Å². The third-order valence-electron chi connectivity index (χ3n) is 4.21. The van der Waals surface area contributed by atoms with Crippen molar-refractivity contribution in [1.29, 1.82) is 0 Å². The molecule has 1 N–H and O–H groups in total. The summed E-state index contributed by atoms with van der Waals surface area (Å²) in [7, 11) is -3.18. The van der Waals surface area contributed by atoms with Gasteiger partial charge in [-0.15, -0.1) is 0 Å². The second-order valence-corrected chi connectivity index (χ2v) is 8.26. The van der Waals surface area contributed by atoms with Crippen molar-refractivity contribution in [1.82, 2.24) is 19.2 Å². The Kier molecular flexibility index (Phi) is 4.22. The van der Waals surface area contributed by atoms with E-state index in [1.807, 2.05) is 10.8 Å². The first-order chi connectivity index (χ1) is 10.5. The summed E-state index contributed by atoms with van der Waals surface area (Å²) < 4.78 is 27.3. The van der Waals surface area contributed by atoms with Crippen LogP contribution >= 0.6 is 0 Å². The van der Waals surface area contributed by atoms with Crippen LogP contribution in [0.4, 0.5) is 0 Å². The number of carbonyl (C=O) groups is 1. The summed E-state index contributed by atoms with van der Waals surface area (Å²) in [6.07, 6.45) is 4.83. The van der Waals surface area contributed by atoms with Crippen LogP contribution in [0.3, 0.4) is 0 Å². The van der Waals surface area contributed by atoms with Gasteiger partial charge in [-0.3, -0.25) is 4.79 Å². The number of aromatic nitrogens is 2. The van der Waals surface area contributed by atoms with Gasteiger partial charge < -0.3 is 9.88 Å². The average molecular weight is 326 g/mol. The molecule has 0 bridgehead atoms. The molecule has 1 fully saturated rings. The summed E-state index contributed by atoms with van der Waals surface area (Å²) in [5.41, 5.74) is 0.787. The van der Waals surface area contributed by atoms with Crippen molar-refractivity contribution in [3.63, 3.8) is 0 Å². The number of nitrogens with zero attached hydrogens (tertiary/aromatic N) is 3. The van der Waals surface area contributed by atoms with E-state index in [1.54, 1.807) is 6.92 Å². The van der Waals surface area contributed by atoms with Gasteiger partial charge in [0.2, 0.25) is 15.9 Å². The zero-order chi connectivity index (χ0) is 15.7. The number of sulfonamides is 1. The van der Waals surface area contributed by atoms with E-state index in [9.17, 15) is 13.2 Å². The molecular weight excluding hydrogens is 304 g/mol. The Labute approximate surface area is 130 Å². The molecule has 122 valence electrons. The summed E-state index contributed by atoms with van der Waals surface area (Å²) >= 11 is 0. The van der Waals surface area contributed by atoms with Gasteiger partial charge in [-0.25, -0.2) is 13.4 Å². The first-order valence-electron chi connectivity index (χ1n) is 7.77. The average Bonchev–Trinajstić information content (AvgIpc) is 3.20. The summed E-state index contributed by atoms with van der Waals surface area (Å²) in [5, 5.41) is 2.89. The van der Waals surface area contributed by atoms with Gasteiger partial charge in [0, 0.05) is 25.7 Å². The molecule has 2 aliphatic rings. The molecular formula is C14H22N4O3S. The number of hydrogen-bond donors (Lipinski definition) is 1. The van der Waals surface area contributed by atoms with Crippen LogP contribution in [-0.2, 0) is 34.5 Å². The van der Waals surface area contributed by atoms with Gasteiger partial charge in [-0.2, -0.15) is 4.31 Å². The Morgan fingerprint density at radius 1 is 1.41 bits per heavy atom. The lowest BCUT2D eigenvalue weighted by molar-refractivity contribution is -0.121. The van der Waals surface area contributed by atoms with Crippen molar-refractivity contribution < 1.29 is 13.2 Å². The molecule has 0 aromatic carbocycles. The molecule has 1 saturated carbocycles. The van der Waals surface area contributed by atoms with Crippen LogP contribution < -0.4 is 5.32 Å². The number of hydrogen-bond acceptors (Lipinski definition) is 4. The van der Waals surface area contributed by atoms with E-state index in [0.29, 0.717) is 38.5 Å². The maximum absolute atomic E-state index is 11.9. The smallest absolute Gasteiger partial charge is 0.220 e. The second-order valence-electron chi connectivity index (χ2n) is 6.00. The molecule has 8 heteroatoms. The summed E-state index contributed by atoms with van der Waals surface area (Å²) in [6.45, 7) is 3.46. The van der Waals surface area contributed by atoms with E-state index >= 15 is 0 Å². The fourth-order valence-electron chi connectivity index (χ4n) is 2.64.